The predicted molar refractivity (Wildman–Crippen MR) is 125 cm³/mol. The molecule has 1 aliphatic heterocycles. The number of aryl methyl sites for hydroxylation is 2. The number of benzene rings is 1. The highest BCUT2D eigenvalue weighted by molar-refractivity contribution is 6.46. The Morgan fingerprint density at radius 1 is 1.09 bits per heavy atom. The van der Waals surface area contributed by atoms with Crippen LogP contribution in [0.1, 0.15) is 60.7 Å². The van der Waals surface area contributed by atoms with Crippen molar-refractivity contribution in [3.8, 4) is 0 Å². The Bertz CT molecular complexity index is 1250. The summed E-state index contributed by atoms with van der Waals surface area (Å²) >= 11 is 0. The van der Waals surface area contributed by atoms with Crippen LogP contribution in [0, 0.1) is 13.8 Å². The zero-order valence-corrected chi connectivity index (χ0v) is 19.5. The SMILES string of the molecule is Cc1ccc(C2/C(=C(\O)c3cc(C(C)(C)C)ccc3C)C(=O)C(=O)N2Cc2ccccn2)o1. The molecule has 1 atom stereocenters. The van der Waals surface area contributed by atoms with Crippen molar-refractivity contribution >= 4 is 17.4 Å². The Labute approximate surface area is 193 Å². The average Bonchev–Trinajstić information content (AvgIpc) is 3.30. The second kappa shape index (κ2) is 8.35. The second-order valence-electron chi connectivity index (χ2n) is 9.48. The number of aromatic nitrogens is 1. The van der Waals surface area contributed by atoms with Crippen molar-refractivity contribution in [2.24, 2.45) is 0 Å². The van der Waals surface area contributed by atoms with Gasteiger partial charge in [-0.05, 0) is 60.7 Å². The standard InChI is InChI=1S/C27H28N2O4/c1-16-9-11-18(27(3,4)5)14-20(16)24(30)22-23(21-12-10-17(2)33-21)29(26(32)25(22)31)15-19-8-6-7-13-28-19/h6-14,23,30H,15H2,1-5H3/b24-22+. The molecule has 0 spiro atoms. The normalized spacial score (nSPS) is 18.2. The van der Waals surface area contributed by atoms with E-state index < -0.39 is 17.7 Å². The van der Waals surface area contributed by atoms with E-state index >= 15 is 0 Å². The van der Waals surface area contributed by atoms with Gasteiger partial charge in [-0.15, -0.1) is 0 Å². The fraction of sp³-hybridized carbons (Fsp3) is 0.296. The van der Waals surface area contributed by atoms with Gasteiger partial charge in [-0.1, -0.05) is 39.0 Å². The Balaban J connectivity index is 1.89. The minimum absolute atomic E-state index is 0.0273. The van der Waals surface area contributed by atoms with Gasteiger partial charge in [0.2, 0.25) is 0 Å². The zero-order chi connectivity index (χ0) is 23.9. The van der Waals surface area contributed by atoms with E-state index in [0.717, 1.165) is 11.1 Å². The van der Waals surface area contributed by atoms with Crippen LogP contribution >= 0.6 is 0 Å². The summed E-state index contributed by atoms with van der Waals surface area (Å²) in [6, 6.07) is 13.9. The van der Waals surface area contributed by atoms with E-state index in [9.17, 15) is 14.7 Å². The van der Waals surface area contributed by atoms with Crippen LogP contribution in [0.4, 0.5) is 0 Å². The summed E-state index contributed by atoms with van der Waals surface area (Å²) in [5.74, 6) is -0.540. The van der Waals surface area contributed by atoms with Gasteiger partial charge in [-0.2, -0.15) is 0 Å². The van der Waals surface area contributed by atoms with E-state index in [0.29, 0.717) is 22.8 Å². The average molecular weight is 445 g/mol. The summed E-state index contributed by atoms with van der Waals surface area (Å²) in [6.07, 6.45) is 1.64. The van der Waals surface area contributed by atoms with Crippen molar-refractivity contribution in [2.75, 3.05) is 0 Å². The van der Waals surface area contributed by atoms with Crippen molar-refractivity contribution in [1.82, 2.24) is 9.88 Å². The molecule has 1 unspecified atom stereocenters. The van der Waals surface area contributed by atoms with Crippen LogP contribution in [0.3, 0.4) is 0 Å². The van der Waals surface area contributed by atoms with Crippen molar-refractivity contribution in [1.29, 1.82) is 0 Å². The summed E-state index contributed by atoms with van der Waals surface area (Å²) in [5.41, 5.74) is 2.88. The number of hydrogen-bond acceptors (Lipinski definition) is 5. The van der Waals surface area contributed by atoms with E-state index in [-0.39, 0.29) is 23.3 Å². The third kappa shape index (κ3) is 4.21. The Hall–Kier alpha value is -3.67. The van der Waals surface area contributed by atoms with E-state index in [4.69, 9.17) is 4.42 Å². The highest BCUT2D eigenvalue weighted by atomic mass is 16.3. The number of Topliss-reactive ketones (excluding diaryl/α,β-unsaturated/α-hetero) is 1. The molecule has 4 rings (SSSR count). The van der Waals surface area contributed by atoms with Crippen LogP contribution in [-0.2, 0) is 21.5 Å². The molecule has 1 aliphatic rings. The molecular weight excluding hydrogens is 416 g/mol. The first-order valence-electron chi connectivity index (χ1n) is 10.9. The van der Waals surface area contributed by atoms with Crippen LogP contribution < -0.4 is 0 Å². The van der Waals surface area contributed by atoms with Crippen LogP contribution in [0.25, 0.3) is 5.76 Å². The molecule has 6 heteroatoms. The second-order valence-corrected chi connectivity index (χ2v) is 9.48. The maximum absolute atomic E-state index is 13.2. The lowest BCUT2D eigenvalue weighted by Crippen LogP contribution is -2.29. The molecule has 1 N–H and O–H groups in total. The Morgan fingerprint density at radius 3 is 2.45 bits per heavy atom. The van der Waals surface area contributed by atoms with Gasteiger partial charge in [-0.25, -0.2) is 0 Å². The summed E-state index contributed by atoms with van der Waals surface area (Å²) in [7, 11) is 0. The first kappa shape index (κ1) is 22.5. The van der Waals surface area contributed by atoms with Crippen LogP contribution in [-0.4, -0.2) is 26.7 Å². The lowest BCUT2D eigenvalue weighted by atomic mass is 9.84. The molecule has 3 aromatic rings. The molecule has 2 aromatic heterocycles. The number of aliphatic hydroxyl groups is 1. The maximum atomic E-state index is 13.2. The molecule has 33 heavy (non-hydrogen) atoms. The number of nitrogens with zero attached hydrogens (tertiary/aromatic N) is 2. The molecular formula is C27H28N2O4. The molecule has 1 aromatic carbocycles. The van der Waals surface area contributed by atoms with Gasteiger partial charge < -0.3 is 14.4 Å². The van der Waals surface area contributed by atoms with Gasteiger partial charge in [0.15, 0.2) is 0 Å². The van der Waals surface area contributed by atoms with Gasteiger partial charge in [0.25, 0.3) is 11.7 Å². The van der Waals surface area contributed by atoms with E-state index in [1.54, 1.807) is 37.4 Å². The first-order chi connectivity index (χ1) is 15.6. The molecule has 1 amide bonds. The van der Waals surface area contributed by atoms with Crippen molar-refractivity contribution in [3.05, 3.63) is 94.2 Å². The number of furan rings is 1. The topological polar surface area (TPSA) is 83.6 Å². The van der Waals surface area contributed by atoms with E-state index in [1.807, 2.05) is 31.2 Å². The number of carbonyl (C=O) groups is 2. The number of carbonyl (C=O) groups excluding carboxylic acids is 2. The number of ketones is 1. The minimum atomic E-state index is -0.849. The predicted octanol–water partition coefficient (Wildman–Crippen LogP) is 5.21. The molecule has 0 saturated carbocycles. The maximum Gasteiger partial charge on any atom is 0.296 e. The molecule has 1 saturated heterocycles. The lowest BCUT2D eigenvalue weighted by molar-refractivity contribution is -0.140. The molecule has 6 nitrogen and oxygen atoms in total. The summed E-state index contributed by atoms with van der Waals surface area (Å²) in [5, 5.41) is 11.4. The Morgan fingerprint density at radius 2 is 1.85 bits per heavy atom. The third-order valence-corrected chi connectivity index (χ3v) is 5.99. The molecule has 0 bridgehead atoms. The smallest absolute Gasteiger partial charge is 0.296 e. The number of aliphatic hydroxyl groups excluding tert-OH is 1. The van der Waals surface area contributed by atoms with E-state index in [2.05, 4.69) is 25.8 Å². The molecule has 0 aliphatic carbocycles. The highest BCUT2D eigenvalue weighted by Gasteiger charge is 2.47. The quantitative estimate of drug-likeness (QED) is 0.339. The molecule has 1 fully saturated rings. The molecule has 0 radical (unpaired) electrons. The van der Waals surface area contributed by atoms with Gasteiger partial charge in [0, 0.05) is 11.8 Å². The Kier molecular flexibility index (Phi) is 5.70. The summed E-state index contributed by atoms with van der Waals surface area (Å²) in [6.45, 7) is 10.0. The molecule has 170 valence electrons. The summed E-state index contributed by atoms with van der Waals surface area (Å²) < 4.78 is 5.84. The van der Waals surface area contributed by atoms with Gasteiger partial charge in [-0.3, -0.25) is 14.6 Å². The largest absolute Gasteiger partial charge is 0.507 e. The van der Waals surface area contributed by atoms with Gasteiger partial charge in [0.1, 0.15) is 23.3 Å². The zero-order valence-electron chi connectivity index (χ0n) is 19.5. The van der Waals surface area contributed by atoms with Crippen LogP contribution in [0.15, 0.2) is 64.7 Å². The van der Waals surface area contributed by atoms with Gasteiger partial charge >= 0.3 is 0 Å². The number of rotatable bonds is 4. The lowest BCUT2D eigenvalue weighted by Gasteiger charge is -2.24. The fourth-order valence-corrected chi connectivity index (χ4v) is 4.09. The van der Waals surface area contributed by atoms with Crippen molar-refractivity contribution in [3.63, 3.8) is 0 Å². The van der Waals surface area contributed by atoms with Crippen LogP contribution in [0.5, 0.6) is 0 Å². The monoisotopic (exact) mass is 444 g/mol. The minimum Gasteiger partial charge on any atom is -0.507 e. The van der Waals surface area contributed by atoms with Crippen molar-refractivity contribution in [2.45, 2.75) is 52.6 Å². The number of pyridine rings is 1. The fourth-order valence-electron chi connectivity index (χ4n) is 4.09. The van der Waals surface area contributed by atoms with Crippen molar-refractivity contribution < 1.29 is 19.1 Å². The number of amides is 1. The van der Waals surface area contributed by atoms with Gasteiger partial charge in [0.05, 0.1) is 17.8 Å². The first-order valence-corrected chi connectivity index (χ1v) is 10.9. The number of likely N-dealkylation sites (tertiary alicyclic amines) is 1. The summed E-state index contributed by atoms with van der Waals surface area (Å²) in [4.78, 5) is 32.1. The third-order valence-electron chi connectivity index (χ3n) is 5.99. The van der Waals surface area contributed by atoms with Crippen LogP contribution in [0.2, 0.25) is 0 Å². The highest BCUT2D eigenvalue weighted by Crippen LogP contribution is 2.41. The molecule has 3 heterocycles. The number of hydrogen-bond donors (Lipinski definition) is 1. The van der Waals surface area contributed by atoms with E-state index in [1.165, 1.54) is 4.90 Å².